The van der Waals surface area contributed by atoms with Crippen molar-refractivity contribution in [2.45, 2.75) is 6.92 Å². The van der Waals surface area contributed by atoms with Crippen LogP contribution in [0.25, 0.3) is 0 Å². The Morgan fingerprint density at radius 3 is 2.78 bits per heavy atom. The van der Waals surface area contributed by atoms with Gasteiger partial charge in [0.15, 0.2) is 0 Å². The second-order valence-electron chi connectivity index (χ2n) is 4.36. The van der Waals surface area contributed by atoms with Gasteiger partial charge in [-0.1, -0.05) is 0 Å². The number of aryl methyl sites for hydroxylation is 1. The minimum atomic E-state index is -0.295. The number of amides is 1. The van der Waals surface area contributed by atoms with Gasteiger partial charge in [0.05, 0.1) is 19.8 Å². The third-order valence-electron chi connectivity index (χ3n) is 2.85. The van der Waals surface area contributed by atoms with Gasteiger partial charge in [-0.05, 0) is 30.7 Å². The molecule has 0 saturated carbocycles. The van der Waals surface area contributed by atoms with Crippen molar-refractivity contribution in [2.24, 2.45) is 0 Å². The van der Waals surface area contributed by atoms with E-state index in [4.69, 9.17) is 4.74 Å². The van der Waals surface area contributed by atoms with Crippen LogP contribution in [0.15, 0.2) is 18.2 Å². The minimum Gasteiger partial charge on any atom is -0.378 e. The van der Waals surface area contributed by atoms with Gasteiger partial charge in [0, 0.05) is 18.8 Å². The fraction of sp³-hybridized carbons (Fsp3) is 0.462. The Kier molecular flexibility index (Phi) is 4.15. The molecular weight excluding hydrogens is 235 g/mol. The number of carbonyl (C=O) groups is 1. The van der Waals surface area contributed by atoms with Crippen LogP contribution in [-0.2, 0) is 9.53 Å². The highest BCUT2D eigenvalue weighted by molar-refractivity contribution is 5.81. The molecular formula is C13H17FN2O2. The molecule has 1 saturated heterocycles. The van der Waals surface area contributed by atoms with Gasteiger partial charge in [-0.2, -0.15) is 0 Å². The van der Waals surface area contributed by atoms with Crippen molar-refractivity contribution >= 4 is 11.6 Å². The molecule has 5 heteroatoms. The molecule has 0 aliphatic carbocycles. The first-order chi connectivity index (χ1) is 8.65. The number of rotatable bonds is 3. The molecule has 1 aliphatic heterocycles. The van der Waals surface area contributed by atoms with E-state index in [1.165, 1.54) is 12.1 Å². The van der Waals surface area contributed by atoms with Crippen LogP contribution >= 0.6 is 0 Å². The molecule has 0 atom stereocenters. The molecule has 0 radical (unpaired) electrons. The maximum absolute atomic E-state index is 13.2. The fourth-order valence-corrected chi connectivity index (χ4v) is 1.94. The van der Waals surface area contributed by atoms with Crippen LogP contribution in [-0.4, -0.2) is 43.7 Å². The monoisotopic (exact) mass is 252 g/mol. The van der Waals surface area contributed by atoms with Crippen molar-refractivity contribution in [3.63, 3.8) is 0 Å². The van der Waals surface area contributed by atoms with Crippen LogP contribution in [0.2, 0.25) is 0 Å². The van der Waals surface area contributed by atoms with E-state index in [-0.39, 0.29) is 18.3 Å². The summed E-state index contributed by atoms with van der Waals surface area (Å²) in [7, 11) is 0. The Bertz CT molecular complexity index is 411. The van der Waals surface area contributed by atoms with Crippen LogP contribution in [0.5, 0.6) is 0 Å². The lowest BCUT2D eigenvalue weighted by atomic mass is 10.2. The molecule has 0 spiro atoms. The van der Waals surface area contributed by atoms with Crippen LogP contribution in [0.1, 0.15) is 5.56 Å². The molecule has 98 valence electrons. The van der Waals surface area contributed by atoms with Crippen molar-refractivity contribution in [1.29, 1.82) is 0 Å². The van der Waals surface area contributed by atoms with Crippen LogP contribution in [0.4, 0.5) is 10.1 Å². The topological polar surface area (TPSA) is 41.6 Å². The first kappa shape index (κ1) is 12.8. The fourth-order valence-electron chi connectivity index (χ4n) is 1.94. The maximum Gasteiger partial charge on any atom is 0.242 e. The molecule has 0 aromatic heterocycles. The number of nitrogens with zero attached hydrogens (tertiary/aromatic N) is 1. The van der Waals surface area contributed by atoms with Crippen LogP contribution in [0.3, 0.4) is 0 Å². The number of carbonyl (C=O) groups excluding carboxylic acids is 1. The number of anilines is 1. The van der Waals surface area contributed by atoms with Gasteiger partial charge in [-0.25, -0.2) is 4.39 Å². The van der Waals surface area contributed by atoms with E-state index in [0.29, 0.717) is 32.0 Å². The van der Waals surface area contributed by atoms with E-state index in [0.717, 1.165) is 5.56 Å². The highest BCUT2D eigenvalue weighted by atomic mass is 19.1. The first-order valence-corrected chi connectivity index (χ1v) is 6.02. The van der Waals surface area contributed by atoms with Gasteiger partial charge in [0.25, 0.3) is 0 Å². The summed E-state index contributed by atoms with van der Waals surface area (Å²) >= 11 is 0. The highest BCUT2D eigenvalue weighted by Gasteiger charge is 2.16. The van der Waals surface area contributed by atoms with E-state index in [1.807, 2.05) is 13.0 Å². The SMILES string of the molecule is Cc1cc(F)cc(NCC(=O)N2CCOCC2)c1. The van der Waals surface area contributed by atoms with Gasteiger partial charge in [0.2, 0.25) is 5.91 Å². The highest BCUT2D eigenvalue weighted by Crippen LogP contribution is 2.13. The molecule has 1 N–H and O–H groups in total. The summed E-state index contributed by atoms with van der Waals surface area (Å²) in [6.45, 7) is 4.43. The smallest absolute Gasteiger partial charge is 0.242 e. The molecule has 1 amide bonds. The third-order valence-corrected chi connectivity index (χ3v) is 2.85. The number of nitrogens with one attached hydrogen (secondary N) is 1. The standard InChI is InChI=1S/C13H17FN2O2/c1-10-6-11(14)8-12(7-10)15-9-13(17)16-2-4-18-5-3-16/h6-8,15H,2-5,9H2,1H3. The van der Waals surface area contributed by atoms with Crippen molar-refractivity contribution in [3.05, 3.63) is 29.6 Å². The Morgan fingerprint density at radius 1 is 1.39 bits per heavy atom. The Labute approximate surface area is 106 Å². The molecule has 2 rings (SSSR count). The lowest BCUT2D eigenvalue weighted by molar-refractivity contribution is -0.133. The Morgan fingerprint density at radius 2 is 2.11 bits per heavy atom. The molecule has 0 unspecified atom stereocenters. The van der Waals surface area contributed by atoms with E-state index >= 15 is 0 Å². The number of halogens is 1. The molecule has 1 aromatic rings. The van der Waals surface area contributed by atoms with Crippen LogP contribution < -0.4 is 5.32 Å². The largest absolute Gasteiger partial charge is 0.378 e. The molecule has 1 aromatic carbocycles. The molecule has 18 heavy (non-hydrogen) atoms. The Balaban J connectivity index is 1.88. The quantitative estimate of drug-likeness (QED) is 0.884. The minimum absolute atomic E-state index is 0.0141. The zero-order chi connectivity index (χ0) is 13.0. The summed E-state index contributed by atoms with van der Waals surface area (Å²) in [5.41, 5.74) is 1.46. The van der Waals surface area contributed by atoms with Crippen molar-refractivity contribution < 1.29 is 13.9 Å². The van der Waals surface area contributed by atoms with E-state index in [9.17, 15) is 9.18 Å². The number of hydrogen-bond donors (Lipinski definition) is 1. The number of hydrogen-bond acceptors (Lipinski definition) is 3. The van der Waals surface area contributed by atoms with Crippen molar-refractivity contribution in [2.75, 3.05) is 38.2 Å². The summed E-state index contributed by atoms with van der Waals surface area (Å²) in [5, 5.41) is 2.95. The van der Waals surface area contributed by atoms with E-state index in [1.54, 1.807) is 4.90 Å². The van der Waals surface area contributed by atoms with E-state index < -0.39 is 0 Å². The average Bonchev–Trinajstić information content (AvgIpc) is 2.36. The average molecular weight is 252 g/mol. The van der Waals surface area contributed by atoms with Crippen molar-refractivity contribution in [1.82, 2.24) is 4.90 Å². The first-order valence-electron chi connectivity index (χ1n) is 6.02. The van der Waals surface area contributed by atoms with Gasteiger partial charge < -0.3 is 15.0 Å². The Hall–Kier alpha value is -1.62. The summed E-state index contributed by atoms with van der Waals surface area (Å²) < 4.78 is 18.3. The number of benzene rings is 1. The molecule has 4 nitrogen and oxygen atoms in total. The lowest BCUT2D eigenvalue weighted by Gasteiger charge is -2.27. The zero-order valence-electron chi connectivity index (χ0n) is 10.4. The molecule has 1 aliphatic rings. The van der Waals surface area contributed by atoms with Crippen LogP contribution in [0, 0.1) is 12.7 Å². The van der Waals surface area contributed by atoms with Crippen molar-refractivity contribution in [3.8, 4) is 0 Å². The summed E-state index contributed by atoms with van der Waals surface area (Å²) in [5.74, 6) is -0.281. The molecule has 1 fully saturated rings. The molecule has 1 heterocycles. The van der Waals surface area contributed by atoms with Gasteiger partial charge in [0.1, 0.15) is 5.82 Å². The second-order valence-corrected chi connectivity index (χ2v) is 4.36. The van der Waals surface area contributed by atoms with E-state index in [2.05, 4.69) is 5.32 Å². The number of morpholine rings is 1. The second kappa shape index (κ2) is 5.82. The van der Waals surface area contributed by atoms with Gasteiger partial charge >= 0.3 is 0 Å². The molecule has 0 bridgehead atoms. The number of ether oxygens (including phenoxy) is 1. The zero-order valence-corrected chi connectivity index (χ0v) is 10.4. The lowest BCUT2D eigenvalue weighted by Crippen LogP contribution is -2.43. The van der Waals surface area contributed by atoms with Gasteiger partial charge in [-0.15, -0.1) is 0 Å². The maximum atomic E-state index is 13.2. The summed E-state index contributed by atoms with van der Waals surface area (Å²) in [4.78, 5) is 13.6. The third kappa shape index (κ3) is 3.43. The predicted octanol–water partition coefficient (Wildman–Crippen LogP) is 1.40. The summed E-state index contributed by atoms with van der Waals surface area (Å²) in [6, 6.07) is 4.66. The summed E-state index contributed by atoms with van der Waals surface area (Å²) in [6.07, 6.45) is 0. The van der Waals surface area contributed by atoms with Gasteiger partial charge in [-0.3, -0.25) is 4.79 Å². The predicted molar refractivity (Wildman–Crippen MR) is 67.0 cm³/mol. The normalized spacial score (nSPS) is 15.6.